The summed E-state index contributed by atoms with van der Waals surface area (Å²) in [5.41, 5.74) is -0.465. The van der Waals surface area contributed by atoms with Crippen molar-refractivity contribution in [3.63, 3.8) is 0 Å². The van der Waals surface area contributed by atoms with Gasteiger partial charge in [0.05, 0.1) is 106 Å². The minimum atomic E-state index is -0.465. The van der Waals surface area contributed by atoms with Gasteiger partial charge in [-0.1, -0.05) is 20.3 Å². The van der Waals surface area contributed by atoms with E-state index in [1.807, 2.05) is 20.8 Å². The third kappa shape index (κ3) is 29.4. The van der Waals surface area contributed by atoms with Gasteiger partial charge in [-0.3, -0.25) is 4.79 Å². The minimum Gasteiger partial charge on any atom is -0.460 e. The van der Waals surface area contributed by atoms with Crippen LogP contribution >= 0.6 is 0 Å². The number of carbonyl (C=O) groups excluding carboxylic acids is 1. The average Bonchev–Trinajstić information content (AvgIpc) is 2.82. The van der Waals surface area contributed by atoms with Crippen LogP contribution in [0.2, 0.25) is 0 Å². The van der Waals surface area contributed by atoms with Crippen LogP contribution in [0.3, 0.4) is 0 Å². The van der Waals surface area contributed by atoms with Crippen LogP contribution in [0.1, 0.15) is 47.5 Å². The lowest BCUT2D eigenvalue weighted by Gasteiger charge is -2.19. The normalized spacial score (nSPS) is 12.7. The van der Waals surface area contributed by atoms with Crippen molar-refractivity contribution in [2.75, 3.05) is 106 Å². The molecule has 36 heavy (non-hydrogen) atoms. The second-order valence-electron chi connectivity index (χ2n) is 9.21. The van der Waals surface area contributed by atoms with E-state index in [-0.39, 0.29) is 12.4 Å². The molecule has 0 aliphatic heterocycles. The summed E-state index contributed by atoms with van der Waals surface area (Å²) in [6.07, 6.45) is 1.37. The number of rotatable bonds is 27. The summed E-state index contributed by atoms with van der Waals surface area (Å²) in [6, 6.07) is 0. The van der Waals surface area contributed by atoms with Gasteiger partial charge in [0, 0.05) is 6.61 Å². The molecule has 0 rings (SSSR count). The van der Waals surface area contributed by atoms with Crippen molar-refractivity contribution in [1.29, 1.82) is 0 Å². The van der Waals surface area contributed by atoms with Crippen LogP contribution in [0.15, 0.2) is 0 Å². The van der Waals surface area contributed by atoms with E-state index < -0.39 is 5.60 Å². The molecular formula is C26H52O10. The highest BCUT2D eigenvalue weighted by Crippen LogP contribution is 2.08. The third-order valence-electron chi connectivity index (χ3n) is 4.57. The third-order valence-corrected chi connectivity index (χ3v) is 4.57. The maximum Gasteiger partial charge on any atom is 0.308 e. The van der Waals surface area contributed by atoms with E-state index in [1.54, 1.807) is 0 Å². The molecule has 0 saturated carbocycles. The van der Waals surface area contributed by atoms with E-state index in [0.717, 1.165) is 13.0 Å². The van der Waals surface area contributed by atoms with Crippen molar-refractivity contribution in [3.05, 3.63) is 0 Å². The van der Waals surface area contributed by atoms with Crippen LogP contribution < -0.4 is 0 Å². The first-order valence-electron chi connectivity index (χ1n) is 13.2. The number of hydrogen-bond acceptors (Lipinski definition) is 10. The molecule has 0 N–H and O–H groups in total. The van der Waals surface area contributed by atoms with Gasteiger partial charge < -0.3 is 42.6 Å². The fraction of sp³-hybridized carbons (Fsp3) is 0.962. The molecule has 10 heteroatoms. The number of carbonyl (C=O) groups is 1. The van der Waals surface area contributed by atoms with Gasteiger partial charge in [0.1, 0.15) is 5.60 Å². The van der Waals surface area contributed by atoms with Gasteiger partial charge in [-0.15, -0.1) is 0 Å². The largest absolute Gasteiger partial charge is 0.460 e. The summed E-state index contributed by atoms with van der Waals surface area (Å²) in [5.74, 6) is 0.339. The maximum absolute atomic E-state index is 11.5. The molecule has 216 valence electrons. The molecule has 0 aromatic carbocycles. The summed E-state index contributed by atoms with van der Waals surface area (Å²) in [5, 5.41) is 0. The van der Waals surface area contributed by atoms with Crippen molar-refractivity contribution >= 4 is 5.97 Å². The lowest BCUT2D eigenvalue weighted by molar-refractivity contribution is -0.156. The second-order valence-corrected chi connectivity index (χ2v) is 9.21. The number of esters is 1. The van der Waals surface area contributed by atoms with E-state index in [1.165, 1.54) is 0 Å². The first kappa shape index (κ1) is 35.2. The summed E-state index contributed by atoms with van der Waals surface area (Å²) in [6.45, 7) is 18.3. The number of ether oxygens (including phenoxy) is 9. The molecule has 0 aliphatic carbocycles. The summed E-state index contributed by atoms with van der Waals surface area (Å²) in [4.78, 5) is 11.5. The number of hydrogen-bond donors (Lipinski definition) is 0. The molecule has 1 atom stereocenters. The smallest absolute Gasteiger partial charge is 0.308 e. The van der Waals surface area contributed by atoms with Crippen molar-refractivity contribution in [1.82, 2.24) is 0 Å². The lowest BCUT2D eigenvalue weighted by Crippen LogP contribution is -2.24. The van der Waals surface area contributed by atoms with Gasteiger partial charge in [0.15, 0.2) is 0 Å². The predicted molar refractivity (Wildman–Crippen MR) is 136 cm³/mol. The van der Waals surface area contributed by atoms with Crippen LogP contribution in [-0.4, -0.2) is 117 Å². The van der Waals surface area contributed by atoms with Crippen molar-refractivity contribution in [2.45, 2.75) is 53.1 Å². The second kappa shape index (κ2) is 25.8. The van der Waals surface area contributed by atoms with Crippen LogP contribution in [0.25, 0.3) is 0 Å². The summed E-state index contributed by atoms with van der Waals surface area (Å²) < 4.78 is 48.7. The zero-order chi connectivity index (χ0) is 26.7. The van der Waals surface area contributed by atoms with Gasteiger partial charge in [-0.2, -0.15) is 0 Å². The van der Waals surface area contributed by atoms with E-state index in [0.29, 0.717) is 105 Å². The van der Waals surface area contributed by atoms with Crippen LogP contribution in [0.4, 0.5) is 0 Å². The van der Waals surface area contributed by atoms with Crippen LogP contribution in [0, 0.1) is 5.92 Å². The van der Waals surface area contributed by atoms with E-state index in [9.17, 15) is 4.79 Å². The molecule has 10 nitrogen and oxygen atoms in total. The average molecular weight is 525 g/mol. The Kier molecular flexibility index (Phi) is 25.2. The zero-order valence-corrected chi connectivity index (χ0v) is 23.4. The first-order valence-corrected chi connectivity index (χ1v) is 13.2. The maximum atomic E-state index is 11.5. The molecule has 1 unspecified atom stereocenters. The first-order chi connectivity index (χ1) is 17.3. The lowest BCUT2D eigenvalue weighted by atomic mass is 10.1. The monoisotopic (exact) mass is 524 g/mol. The van der Waals surface area contributed by atoms with Gasteiger partial charge in [0.25, 0.3) is 0 Å². The highest BCUT2D eigenvalue weighted by Gasteiger charge is 2.15. The minimum absolute atomic E-state index is 0.240. The molecule has 0 bridgehead atoms. The molecule has 0 heterocycles. The van der Waals surface area contributed by atoms with Crippen molar-refractivity contribution < 1.29 is 47.4 Å². The van der Waals surface area contributed by atoms with Crippen LogP contribution in [0.5, 0.6) is 0 Å². The molecule has 0 radical (unpaired) electrons. The molecule has 0 spiro atoms. The predicted octanol–water partition coefficient (Wildman–Crippen LogP) is 2.90. The van der Waals surface area contributed by atoms with Crippen LogP contribution in [-0.2, 0) is 47.4 Å². The quantitative estimate of drug-likeness (QED) is 0.118. The van der Waals surface area contributed by atoms with Gasteiger partial charge >= 0.3 is 5.97 Å². The Morgan fingerprint density at radius 3 is 1.17 bits per heavy atom. The summed E-state index contributed by atoms with van der Waals surface area (Å²) in [7, 11) is 0. The van der Waals surface area contributed by atoms with E-state index in [2.05, 4.69) is 13.8 Å². The van der Waals surface area contributed by atoms with E-state index >= 15 is 0 Å². The SMILES string of the molecule is CCC(C)COCCOCCOCCOCCOCCOCCOCCOCCC(=O)OC(C)(C)C. The van der Waals surface area contributed by atoms with E-state index in [4.69, 9.17) is 42.6 Å². The molecule has 0 saturated heterocycles. The molecule has 0 fully saturated rings. The Labute approximate surface area is 218 Å². The van der Waals surface area contributed by atoms with Gasteiger partial charge in [0.2, 0.25) is 0 Å². The van der Waals surface area contributed by atoms with Crippen molar-refractivity contribution in [3.8, 4) is 0 Å². The zero-order valence-electron chi connectivity index (χ0n) is 23.4. The standard InChI is InChI=1S/C26H52O10/c1-6-24(2)23-35-22-21-34-20-19-33-18-17-32-16-15-31-14-13-30-12-11-29-10-9-28-8-7-25(27)36-26(3,4)5/h24H,6-23H2,1-5H3. The summed E-state index contributed by atoms with van der Waals surface area (Å²) >= 11 is 0. The Balaban J connectivity index is 3.12. The molecule has 0 aliphatic rings. The topological polar surface area (TPSA) is 100 Å². The van der Waals surface area contributed by atoms with Gasteiger partial charge in [-0.05, 0) is 26.7 Å². The fourth-order valence-electron chi connectivity index (χ4n) is 2.49. The molecule has 0 aromatic heterocycles. The molecule has 0 amide bonds. The van der Waals surface area contributed by atoms with Gasteiger partial charge in [-0.25, -0.2) is 0 Å². The Morgan fingerprint density at radius 1 is 0.556 bits per heavy atom. The highest BCUT2D eigenvalue weighted by molar-refractivity contribution is 5.69. The Morgan fingerprint density at radius 2 is 0.861 bits per heavy atom. The Bertz CT molecular complexity index is 470. The molecular weight excluding hydrogens is 472 g/mol. The highest BCUT2D eigenvalue weighted by atomic mass is 16.6. The fourth-order valence-corrected chi connectivity index (χ4v) is 2.49. The van der Waals surface area contributed by atoms with Crippen molar-refractivity contribution in [2.24, 2.45) is 5.92 Å². The Hall–Kier alpha value is -0.850. The molecule has 0 aromatic rings.